The van der Waals surface area contributed by atoms with Crippen LogP contribution in [0, 0.1) is 27.7 Å². The van der Waals surface area contributed by atoms with Gasteiger partial charge in [0.25, 0.3) is 0 Å². The number of aromatic amines is 1. The average Bonchev–Trinajstić information content (AvgIpc) is 3.11. The SMILES string of the molecule is Cc1[nH]nc(-c2c(C)sc(C)c2S(=O)(=O)NCCCc2ccccc2)c1C. The van der Waals surface area contributed by atoms with Crippen LogP contribution in [0.1, 0.15) is 33.0 Å². The van der Waals surface area contributed by atoms with Gasteiger partial charge in [0.1, 0.15) is 4.90 Å². The highest BCUT2D eigenvalue weighted by molar-refractivity contribution is 7.89. The number of thiophene rings is 1. The predicted molar refractivity (Wildman–Crippen MR) is 111 cm³/mol. The van der Waals surface area contributed by atoms with E-state index in [4.69, 9.17) is 0 Å². The molecule has 0 spiro atoms. The molecule has 0 amide bonds. The molecule has 0 atom stereocenters. The van der Waals surface area contributed by atoms with E-state index in [1.807, 2.05) is 45.9 Å². The maximum atomic E-state index is 13.0. The minimum absolute atomic E-state index is 0.360. The highest BCUT2D eigenvalue weighted by atomic mass is 32.2. The lowest BCUT2D eigenvalue weighted by Gasteiger charge is -2.10. The van der Waals surface area contributed by atoms with Crippen molar-refractivity contribution < 1.29 is 8.42 Å². The van der Waals surface area contributed by atoms with Gasteiger partial charge in [0, 0.05) is 27.6 Å². The zero-order valence-corrected chi connectivity index (χ0v) is 17.7. The van der Waals surface area contributed by atoms with Crippen molar-refractivity contribution in [2.24, 2.45) is 0 Å². The lowest BCUT2D eigenvalue weighted by Crippen LogP contribution is -2.26. The number of benzene rings is 1. The van der Waals surface area contributed by atoms with E-state index in [0.717, 1.165) is 45.1 Å². The van der Waals surface area contributed by atoms with Crippen LogP contribution in [-0.4, -0.2) is 25.2 Å². The molecule has 0 aliphatic heterocycles. The molecule has 5 nitrogen and oxygen atoms in total. The van der Waals surface area contributed by atoms with Crippen molar-refractivity contribution in [3.05, 3.63) is 56.9 Å². The Balaban J connectivity index is 1.81. The number of aryl methyl sites for hydroxylation is 4. The molecule has 0 bridgehead atoms. The fourth-order valence-corrected chi connectivity index (χ4v) is 6.13. The van der Waals surface area contributed by atoms with Crippen molar-refractivity contribution in [1.82, 2.24) is 14.9 Å². The molecule has 1 aromatic carbocycles. The molecule has 2 heterocycles. The molecule has 7 heteroatoms. The number of aromatic nitrogens is 2. The van der Waals surface area contributed by atoms with Crippen LogP contribution in [-0.2, 0) is 16.4 Å². The van der Waals surface area contributed by atoms with Gasteiger partial charge < -0.3 is 0 Å². The van der Waals surface area contributed by atoms with Crippen LogP contribution >= 0.6 is 11.3 Å². The first-order valence-electron chi connectivity index (χ1n) is 8.96. The summed E-state index contributed by atoms with van der Waals surface area (Å²) >= 11 is 1.50. The molecule has 144 valence electrons. The summed E-state index contributed by atoms with van der Waals surface area (Å²) in [5.41, 5.74) is 4.58. The Kier molecular flexibility index (Phi) is 5.83. The Morgan fingerprint density at radius 3 is 2.41 bits per heavy atom. The van der Waals surface area contributed by atoms with Crippen LogP contribution in [0.5, 0.6) is 0 Å². The summed E-state index contributed by atoms with van der Waals surface area (Å²) in [5.74, 6) is 0. The molecule has 0 aliphatic rings. The molecular formula is C20H25N3O2S2. The molecule has 0 fully saturated rings. The van der Waals surface area contributed by atoms with Crippen molar-refractivity contribution in [3.8, 4) is 11.3 Å². The predicted octanol–water partition coefficient (Wildman–Crippen LogP) is 4.28. The average molecular weight is 404 g/mol. The number of sulfonamides is 1. The number of hydrogen-bond acceptors (Lipinski definition) is 4. The minimum atomic E-state index is -3.60. The highest BCUT2D eigenvalue weighted by Crippen LogP contribution is 2.39. The molecule has 0 aliphatic carbocycles. The van der Waals surface area contributed by atoms with E-state index in [9.17, 15) is 8.42 Å². The number of nitrogens with zero attached hydrogens (tertiary/aromatic N) is 1. The zero-order chi connectivity index (χ0) is 19.6. The van der Waals surface area contributed by atoms with E-state index < -0.39 is 10.0 Å². The van der Waals surface area contributed by atoms with E-state index in [-0.39, 0.29) is 0 Å². The molecule has 2 N–H and O–H groups in total. The third-order valence-electron chi connectivity index (χ3n) is 4.74. The van der Waals surface area contributed by atoms with Gasteiger partial charge in [-0.15, -0.1) is 11.3 Å². The summed E-state index contributed by atoms with van der Waals surface area (Å²) in [7, 11) is -3.60. The molecule has 27 heavy (non-hydrogen) atoms. The van der Waals surface area contributed by atoms with Gasteiger partial charge in [-0.05, 0) is 51.7 Å². The fraction of sp³-hybridized carbons (Fsp3) is 0.350. The smallest absolute Gasteiger partial charge is 0.242 e. The summed E-state index contributed by atoms with van der Waals surface area (Å²) in [6.07, 6.45) is 1.59. The van der Waals surface area contributed by atoms with Gasteiger partial charge >= 0.3 is 0 Å². The Morgan fingerprint density at radius 2 is 1.78 bits per heavy atom. The van der Waals surface area contributed by atoms with Crippen LogP contribution in [0.3, 0.4) is 0 Å². The van der Waals surface area contributed by atoms with Crippen molar-refractivity contribution in [1.29, 1.82) is 0 Å². The largest absolute Gasteiger partial charge is 0.282 e. The Hall–Kier alpha value is -1.96. The number of nitrogens with one attached hydrogen (secondary N) is 2. The van der Waals surface area contributed by atoms with E-state index >= 15 is 0 Å². The van der Waals surface area contributed by atoms with E-state index in [0.29, 0.717) is 11.4 Å². The summed E-state index contributed by atoms with van der Waals surface area (Å²) < 4.78 is 28.9. The first kappa shape index (κ1) is 19.8. The molecule has 3 rings (SSSR count). The maximum absolute atomic E-state index is 13.0. The minimum Gasteiger partial charge on any atom is -0.282 e. The summed E-state index contributed by atoms with van der Waals surface area (Å²) in [4.78, 5) is 2.11. The van der Waals surface area contributed by atoms with Crippen molar-refractivity contribution in [2.45, 2.75) is 45.4 Å². The lowest BCUT2D eigenvalue weighted by atomic mass is 10.1. The number of rotatable bonds is 7. The molecular weight excluding hydrogens is 378 g/mol. The lowest BCUT2D eigenvalue weighted by molar-refractivity contribution is 0.579. The molecule has 0 unspecified atom stereocenters. The quantitative estimate of drug-likeness (QED) is 0.578. The van der Waals surface area contributed by atoms with Crippen molar-refractivity contribution in [3.63, 3.8) is 0 Å². The number of H-pyrrole nitrogens is 1. The van der Waals surface area contributed by atoms with E-state index in [1.165, 1.54) is 16.9 Å². The van der Waals surface area contributed by atoms with Gasteiger partial charge in [-0.2, -0.15) is 5.10 Å². The zero-order valence-electron chi connectivity index (χ0n) is 16.1. The van der Waals surface area contributed by atoms with Crippen LogP contribution < -0.4 is 4.72 Å². The molecule has 0 saturated carbocycles. The van der Waals surface area contributed by atoms with Gasteiger partial charge in [0.2, 0.25) is 10.0 Å². The van der Waals surface area contributed by atoms with Crippen LogP contribution in [0.2, 0.25) is 0 Å². The fourth-order valence-electron chi connectivity index (χ4n) is 3.21. The topological polar surface area (TPSA) is 74.8 Å². The van der Waals surface area contributed by atoms with Crippen molar-refractivity contribution in [2.75, 3.05) is 6.54 Å². The number of hydrogen-bond donors (Lipinski definition) is 2. The monoisotopic (exact) mass is 403 g/mol. The molecule has 3 aromatic rings. The second-order valence-electron chi connectivity index (χ2n) is 6.73. The van der Waals surface area contributed by atoms with Gasteiger partial charge in [-0.1, -0.05) is 30.3 Å². The van der Waals surface area contributed by atoms with Gasteiger partial charge in [0.15, 0.2) is 0 Å². The summed E-state index contributed by atoms with van der Waals surface area (Å²) in [6, 6.07) is 10.1. The standard InChI is InChI=1S/C20H25N3O2S2/c1-13-14(2)22-23-19(13)18-15(3)26-16(4)20(18)27(24,25)21-12-8-11-17-9-6-5-7-10-17/h5-7,9-10,21H,8,11-12H2,1-4H3,(H,22,23). The normalized spacial score (nSPS) is 11.9. The second-order valence-corrected chi connectivity index (χ2v) is 9.86. The second kappa shape index (κ2) is 7.96. The Labute approximate surface area is 164 Å². The van der Waals surface area contributed by atoms with E-state index in [1.54, 1.807) is 0 Å². The van der Waals surface area contributed by atoms with Gasteiger partial charge in [-0.3, -0.25) is 5.10 Å². The Morgan fingerprint density at radius 1 is 1.07 bits per heavy atom. The molecule has 0 radical (unpaired) electrons. The third-order valence-corrected chi connectivity index (χ3v) is 7.52. The first-order valence-corrected chi connectivity index (χ1v) is 11.3. The van der Waals surface area contributed by atoms with Crippen LogP contribution in [0.25, 0.3) is 11.3 Å². The third kappa shape index (κ3) is 4.15. The van der Waals surface area contributed by atoms with Crippen LogP contribution in [0.4, 0.5) is 0 Å². The Bertz CT molecular complexity index is 1030. The van der Waals surface area contributed by atoms with Crippen LogP contribution in [0.15, 0.2) is 35.2 Å². The maximum Gasteiger partial charge on any atom is 0.242 e. The van der Waals surface area contributed by atoms with E-state index in [2.05, 4.69) is 27.1 Å². The van der Waals surface area contributed by atoms with Gasteiger partial charge in [0.05, 0.1) is 5.69 Å². The molecule has 0 saturated heterocycles. The van der Waals surface area contributed by atoms with Crippen molar-refractivity contribution >= 4 is 21.4 Å². The van der Waals surface area contributed by atoms with Gasteiger partial charge in [-0.25, -0.2) is 13.1 Å². The molecule has 2 aromatic heterocycles. The summed E-state index contributed by atoms with van der Waals surface area (Å²) in [5, 5.41) is 7.32. The summed E-state index contributed by atoms with van der Waals surface area (Å²) in [6.45, 7) is 8.11. The highest BCUT2D eigenvalue weighted by Gasteiger charge is 2.28. The first-order chi connectivity index (χ1) is 12.8.